The summed E-state index contributed by atoms with van der Waals surface area (Å²) in [6, 6.07) is 21.9. The molecule has 0 spiro atoms. The number of carbonyl (C=O) groups is 3. The maximum absolute atomic E-state index is 14.0. The van der Waals surface area contributed by atoms with Gasteiger partial charge in [-0.1, -0.05) is 72.4 Å². The summed E-state index contributed by atoms with van der Waals surface area (Å²) in [5.41, 5.74) is 1.73. The molecule has 1 saturated heterocycles. The van der Waals surface area contributed by atoms with E-state index in [1.54, 1.807) is 33.2 Å². The van der Waals surface area contributed by atoms with Crippen LogP contribution in [0.3, 0.4) is 0 Å². The number of rotatable bonds is 8. The number of hydrogen-bond donors (Lipinski definition) is 1. The van der Waals surface area contributed by atoms with Crippen molar-refractivity contribution < 1.29 is 23.9 Å². The van der Waals surface area contributed by atoms with Crippen LogP contribution in [-0.4, -0.2) is 50.6 Å². The smallest absolute Gasteiger partial charge is 0.408 e. The quantitative estimate of drug-likeness (QED) is 0.188. The second-order valence-electron chi connectivity index (χ2n) is 10.6. The highest BCUT2D eigenvalue weighted by Gasteiger charge is 2.54. The predicted octanol–water partition coefficient (Wildman–Crippen LogP) is 6.08. The van der Waals surface area contributed by atoms with Gasteiger partial charge in [-0.15, -0.1) is 11.8 Å². The Morgan fingerprint density at radius 3 is 2.31 bits per heavy atom. The van der Waals surface area contributed by atoms with E-state index in [0.717, 1.165) is 16.0 Å². The molecular formula is C32H31N3O5S2. The number of pyridine rings is 1. The molecule has 3 aromatic rings. The van der Waals surface area contributed by atoms with Gasteiger partial charge in [-0.2, -0.15) is 0 Å². The summed E-state index contributed by atoms with van der Waals surface area (Å²) in [5, 5.41) is 4.07. The first-order chi connectivity index (χ1) is 20.2. The number of carbonyl (C=O) groups excluding carboxylic acids is 3. The van der Waals surface area contributed by atoms with Gasteiger partial charge in [-0.25, -0.2) is 9.59 Å². The van der Waals surface area contributed by atoms with Crippen LogP contribution in [0.4, 0.5) is 4.79 Å². The fourth-order valence-electron chi connectivity index (χ4n) is 4.55. The van der Waals surface area contributed by atoms with Crippen LogP contribution in [0.15, 0.2) is 113 Å². The Morgan fingerprint density at radius 1 is 1.05 bits per heavy atom. The molecule has 0 unspecified atom stereocenters. The molecule has 1 aromatic heterocycles. The predicted molar refractivity (Wildman–Crippen MR) is 163 cm³/mol. The largest absolute Gasteiger partial charge is 0.448 e. The summed E-state index contributed by atoms with van der Waals surface area (Å²) in [7, 11) is 0. The highest BCUT2D eigenvalue weighted by atomic mass is 32.2. The fourth-order valence-corrected chi connectivity index (χ4v) is 6.54. The van der Waals surface area contributed by atoms with Gasteiger partial charge in [0.05, 0.1) is 0 Å². The Hall–Kier alpha value is -4.02. The number of hydrogen-bond acceptors (Lipinski definition) is 8. The van der Waals surface area contributed by atoms with Gasteiger partial charge in [0.1, 0.15) is 22.7 Å². The van der Waals surface area contributed by atoms with Gasteiger partial charge in [-0.3, -0.25) is 14.7 Å². The summed E-state index contributed by atoms with van der Waals surface area (Å²) in [6.45, 7) is 5.27. The zero-order valence-corrected chi connectivity index (χ0v) is 25.1. The number of nitrogens with one attached hydrogen (secondary N) is 1. The molecule has 2 aliphatic heterocycles. The lowest BCUT2D eigenvalue weighted by atomic mass is 10.0. The van der Waals surface area contributed by atoms with E-state index in [1.165, 1.54) is 28.4 Å². The summed E-state index contributed by atoms with van der Waals surface area (Å²) in [5.74, 6) is -0.573. The van der Waals surface area contributed by atoms with Crippen LogP contribution in [0.25, 0.3) is 0 Å². The minimum Gasteiger partial charge on any atom is -0.448 e. The molecule has 42 heavy (non-hydrogen) atoms. The average Bonchev–Trinajstić information content (AvgIpc) is 2.98. The zero-order chi connectivity index (χ0) is 29.7. The van der Waals surface area contributed by atoms with Crippen molar-refractivity contribution in [2.75, 3.05) is 5.75 Å². The minimum absolute atomic E-state index is 0.172. The molecule has 2 atom stereocenters. The number of amides is 2. The maximum Gasteiger partial charge on any atom is 0.408 e. The summed E-state index contributed by atoms with van der Waals surface area (Å²) in [4.78, 5) is 46.4. The van der Waals surface area contributed by atoms with Crippen molar-refractivity contribution in [2.45, 2.75) is 48.8 Å². The van der Waals surface area contributed by atoms with Gasteiger partial charge in [-0.05, 0) is 61.1 Å². The number of ether oxygens (including phenoxy) is 2. The topological polar surface area (TPSA) is 97.8 Å². The van der Waals surface area contributed by atoms with Crippen molar-refractivity contribution in [3.8, 4) is 0 Å². The van der Waals surface area contributed by atoms with Gasteiger partial charge in [0.25, 0.3) is 5.91 Å². The van der Waals surface area contributed by atoms with Gasteiger partial charge in [0.15, 0.2) is 6.10 Å². The van der Waals surface area contributed by atoms with E-state index in [2.05, 4.69) is 10.3 Å². The second kappa shape index (κ2) is 12.9. The third kappa shape index (κ3) is 6.88. The zero-order valence-electron chi connectivity index (χ0n) is 23.4. The molecule has 3 heterocycles. The number of β-lactam (4-membered cyclic amide) rings is 1. The Labute approximate surface area is 253 Å². The number of aromatic nitrogens is 1. The molecule has 8 nitrogen and oxygen atoms in total. The molecular weight excluding hydrogens is 571 g/mol. The first kappa shape index (κ1) is 29.5. The van der Waals surface area contributed by atoms with Crippen LogP contribution >= 0.6 is 23.5 Å². The highest BCUT2D eigenvalue weighted by Crippen LogP contribution is 2.42. The maximum atomic E-state index is 14.0. The van der Waals surface area contributed by atoms with Crippen molar-refractivity contribution in [3.05, 3.63) is 119 Å². The van der Waals surface area contributed by atoms with Crippen LogP contribution in [0, 0.1) is 0 Å². The van der Waals surface area contributed by atoms with Crippen molar-refractivity contribution in [1.82, 2.24) is 15.2 Å². The van der Waals surface area contributed by atoms with Gasteiger partial charge < -0.3 is 14.8 Å². The summed E-state index contributed by atoms with van der Waals surface area (Å²) >= 11 is 2.92. The monoisotopic (exact) mass is 601 g/mol. The van der Waals surface area contributed by atoms with Crippen LogP contribution in [0.5, 0.6) is 0 Å². The molecule has 1 fully saturated rings. The van der Waals surface area contributed by atoms with Crippen molar-refractivity contribution >= 4 is 41.5 Å². The molecule has 2 amide bonds. The molecule has 10 heteroatoms. The van der Waals surface area contributed by atoms with E-state index in [4.69, 9.17) is 9.47 Å². The molecule has 0 radical (unpaired) electrons. The molecule has 1 N–H and O–H groups in total. The van der Waals surface area contributed by atoms with E-state index in [1.807, 2.05) is 84.3 Å². The number of thioether (sulfide) groups is 2. The number of benzene rings is 2. The van der Waals surface area contributed by atoms with Crippen molar-refractivity contribution in [1.29, 1.82) is 0 Å². The van der Waals surface area contributed by atoms with Crippen LogP contribution < -0.4 is 5.32 Å². The highest BCUT2D eigenvalue weighted by molar-refractivity contribution is 8.02. The van der Waals surface area contributed by atoms with E-state index >= 15 is 0 Å². The molecule has 5 rings (SSSR count). The summed E-state index contributed by atoms with van der Waals surface area (Å²) < 4.78 is 11.5. The Balaban J connectivity index is 1.44. The van der Waals surface area contributed by atoms with Crippen molar-refractivity contribution in [2.24, 2.45) is 0 Å². The molecule has 2 aromatic carbocycles. The minimum atomic E-state index is -0.818. The Bertz CT molecular complexity index is 1450. The fraction of sp³-hybridized carbons (Fsp3) is 0.250. The lowest BCUT2D eigenvalue weighted by Crippen LogP contribution is -2.70. The van der Waals surface area contributed by atoms with E-state index in [-0.39, 0.29) is 5.70 Å². The first-order valence-corrected chi connectivity index (χ1v) is 15.4. The first-order valence-electron chi connectivity index (χ1n) is 13.4. The van der Waals surface area contributed by atoms with Crippen molar-refractivity contribution in [3.63, 3.8) is 0 Å². The Kier molecular flexibility index (Phi) is 9.03. The SMILES string of the molecule is CC(C)(C)OC(=O)N[C@@H]1C(=O)N2C(C(=O)OC(c3ccccc3)c3ccccc3)=C(/C=C/Sc3cccnc3)CS[C@H]12. The Morgan fingerprint density at radius 2 is 1.71 bits per heavy atom. The number of alkyl carbamates (subject to hydrolysis) is 1. The number of nitrogens with zero attached hydrogens (tertiary/aromatic N) is 2. The molecule has 216 valence electrons. The number of allylic oxidation sites excluding steroid dienone is 1. The van der Waals surface area contributed by atoms with Crippen LogP contribution in [0.2, 0.25) is 0 Å². The van der Waals surface area contributed by atoms with Crippen LogP contribution in [-0.2, 0) is 19.1 Å². The lowest BCUT2D eigenvalue weighted by molar-refractivity contribution is -0.153. The van der Waals surface area contributed by atoms with E-state index in [9.17, 15) is 14.4 Å². The second-order valence-corrected chi connectivity index (χ2v) is 12.7. The normalized spacial score (nSPS) is 18.5. The third-order valence-corrected chi connectivity index (χ3v) is 8.49. The van der Waals surface area contributed by atoms with E-state index < -0.39 is 41.1 Å². The number of esters is 1. The third-order valence-electron chi connectivity index (χ3n) is 6.40. The van der Waals surface area contributed by atoms with Gasteiger partial charge in [0.2, 0.25) is 0 Å². The molecule has 0 bridgehead atoms. The number of fused-ring (bicyclic) bond motifs is 1. The van der Waals surface area contributed by atoms with Gasteiger partial charge >= 0.3 is 12.1 Å². The lowest BCUT2D eigenvalue weighted by Gasteiger charge is -2.49. The average molecular weight is 602 g/mol. The standard InChI is InChI=1S/C32H31N3O5S2/c1-32(2,3)40-31(38)34-25-28(36)35-26(23(20-42-29(25)35)16-18-41-24-15-10-17-33-19-24)30(37)39-27(21-11-6-4-7-12-21)22-13-8-5-9-14-22/h4-19,25,27,29H,20H2,1-3H3,(H,34,38)/b18-16+/t25-,29-/m1/s1. The van der Waals surface area contributed by atoms with Gasteiger partial charge in [0, 0.05) is 23.0 Å². The molecule has 0 saturated carbocycles. The molecule has 2 aliphatic rings. The van der Waals surface area contributed by atoms with Crippen LogP contribution in [0.1, 0.15) is 38.0 Å². The molecule has 0 aliphatic carbocycles. The summed E-state index contributed by atoms with van der Waals surface area (Å²) in [6.07, 6.45) is 3.93. The van der Waals surface area contributed by atoms with E-state index in [0.29, 0.717) is 11.3 Å².